The zero-order valence-corrected chi connectivity index (χ0v) is 18.8. The molecule has 1 atom stereocenters. The third kappa shape index (κ3) is 9.53. The van der Waals surface area contributed by atoms with E-state index in [-0.39, 0.29) is 42.4 Å². The first-order valence-corrected chi connectivity index (χ1v) is 9.33. The zero-order chi connectivity index (χ0) is 19.5. The van der Waals surface area contributed by atoms with Crippen molar-refractivity contribution >= 4 is 41.5 Å². The van der Waals surface area contributed by atoms with Gasteiger partial charge in [0.05, 0.1) is 12.7 Å². The largest absolute Gasteiger partial charge is 0.434 e. The predicted molar refractivity (Wildman–Crippen MR) is 116 cm³/mol. The molecule has 28 heavy (non-hydrogen) atoms. The van der Waals surface area contributed by atoms with E-state index in [1.165, 1.54) is 12.1 Å². The molecular weight excluding hydrogens is 507 g/mol. The number of ether oxygens (including phenoxy) is 3. The van der Waals surface area contributed by atoms with Crippen LogP contribution in [0.25, 0.3) is 0 Å². The number of halogens is 4. The molecule has 1 aliphatic heterocycles. The molecule has 0 amide bonds. The fourth-order valence-electron chi connectivity index (χ4n) is 2.67. The zero-order valence-electron chi connectivity index (χ0n) is 15.8. The predicted octanol–water partition coefficient (Wildman–Crippen LogP) is 3.81. The van der Waals surface area contributed by atoms with Gasteiger partial charge in [0.15, 0.2) is 5.96 Å². The summed E-state index contributed by atoms with van der Waals surface area (Å²) in [6.07, 6.45) is 3.21. The Morgan fingerprint density at radius 3 is 2.89 bits per heavy atom. The SMILES string of the molecule is CN=C(NCCCOCC1CCCO1)NCc1cc(Cl)ccc1OC(F)F.I. The standard InChI is InChI=1S/C18H26ClF2N3O3.HI/c1-22-18(23-7-3-8-25-12-15-4-2-9-26-15)24-11-13-10-14(19)5-6-16(13)27-17(20)21;/h5-6,10,15,17H,2-4,7-9,11-12H2,1H3,(H2,22,23,24);1H. The molecule has 1 unspecified atom stereocenters. The van der Waals surface area contributed by atoms with Crippen LogP contribution in [-0.2, 0) is 16.0 Å². The summed E-state index contributed by atoms with van der Waals surface area (Å²) in [5.41, 5.74) is 0.519. The van der Waals surface area contributed by atoms with E-state index >= 15 is 0 Å². The number of hydrogen-bond acceptors (Lipinski definition) is 4. The molecule has 1 heterocycles. The molecule has 0 spiro atoms. The average Bonchev–Trinajstić information content (AvgIpc) is 3.15. The number of aliphatic imine (C=N–C) groups is 1. The summed E-state index contributed by atoms with van der Waals surface area (Å²) in [7, 11) is 1.64. The molecule has 0 saturated carbocycles. The minimum absolute atomic E-state index is 0. The van der Waals surface area contributed by atoms with Crippen LogP contribution in [0.4, 0.5) is 8.78 Å². The van der Waals surface area contributed by atoms with Crippen molar-refractivity contribution in [2.75, 3.05) is 33.4 Å². The number of rotatable bonds is 10. The summed E-state index contributed by atoms with van der Waals surface area (Å²) in [6, 6.07) is 4.51. The van der Waals surface area contributed by atoms with Crippen LogP contribution in [0.15, 0.2) is 23.2 Å². The van der Waals surface area contributed by atoms with Gasteiger partial charge >= 0.3 is 6.61 Å². The molecule has 6 nitrogen and oxygen atoms in total. The number of benzene rings is 1. The van der Waals surface area contributed by atoms with E-state index in [1.807, 2.05) is 0 Å². The van der Waals surface area contributed by atoms with Crippen LogP contribution >= 0.6 is 35.6 Å². The van der Waals surface area contributed by atoms with Crippen LogP contribution in [0.1, 0.15) is 24.8 Å². The molecule has 1 aliphatic rings. The second kappa shape index (κ2) is 14.1. The van der Waals surface area contributed by atoms with E-state index in [2.05, 4.69) is 20.4 Å². The number of guanidine groups is 1. The quantitative estimate of drug-likeness (QED) is 0.207. The first-order chi connectivity index (χ1) is 13.1. The van der Waals surface area contributed by atoms with E-state index in [0.717, 1.165) is 25.9 Å². The van der Waals surface area contributed by atoms with Gasteiger partial charge in [0.25, 0.3) is 0 Å². The first-order valence-electron chi connectivity index (χ1n) is 8.95. The maximum Gasteiger partial charge on any atom is 0.387 e. The minimum Gasteiger partial charge on any atom is -0.434 e. The van der Waals surface area contributed by atoms with Crippen molar-refractivity contribution in [3.63, 3.8) is 0 Å². The van der Waals surface area contributed by atoms with Gasteiger partial charge in [-0.25, -0.2) is 0 Å². The Hall–Kier alpha value is -0.910. The monoisotopic (exact) mass is 533 g/mol. The highest BCUT2D eigenvalue weighted by atomic mass is 127. The van der Waals surface area contributed by atoms with Crippen molar-refractivity contribution in [1.29, 1.82) is 0 Å². The number of nitrogens with one attached hydrogen (secondary N) is 2. The molecule has 0 bridgehead atoms. The summed E-state index contributed by atoms with van der Waals surface area (Å²) in [5.74, 6) is 0.636. The average molecular weight is 534 g/mol. The van der Waals surface area contributed by atoms with E-state index < -0.39 is 6.61 Å². The third-order valence-electron chi connectivity index (χ3n) is 3.99. The van der Waals surface area contributed by atoms with Gasteiger partial charge in [-0.05, 0) is 37.5 Å². The number of alkyl halides is 2. The van der Waals surface area contributed by atoms with Gasteiger partial charge in [0.2, 0.25) is 0 Å². The smallest absolute Gasteiger partial charge is 0.387 e. The van der Waals surface area contributed by atoms with Gasteiger partial charge in [0.1, 0.15) is 5.75 Å². The number of nitrogens with zero attached hydrogens (tertiary/aromatic N) is 1. The van der Waals surface area contributed by atoms with Crippen LogP contribution in [0.3, 0.4) is 0 Å². The summed E-state index contributed by atoms with van der Waals surface area (Å²) in [5, 5.41) is 6.65. The van der Waals surface area contributed by atoms with E-state index in [1.54, 1.807) is 13.1 Å². The van der Waals surface area contributed by atoms with Crippen molar-refractivity contribution < 1.29 is 23.0 Å². The lowest BCUT2D eigenvalue weighted by atomic mass is 10.2. The van der Waals surface area contributed by atoms with E-state index in [0.29, 0.717) is 36.3 Å². The second-order valence-corrected chi connectivity index (χ2v) is 6.48. The molecule has 160 valence electrons. The molecule has 0 aromatic heterocycles. The van der Waals surface area contributed by atoms with Gasteiger partial charge in [-0.2, -0.15) is 8.78 Å². The summed E-state index contributed by atoms with van der Waals surface area (Å²) in [6.45, 7) is 0.115. The Labute approximate surface area is 186 Å². The molecule has 1 fully saturated rings. The maximum atomic E-state index is 12.5. The van der Waals surface area contributed by atoms with Gasteiger partial charge in [0, 0.05) is 43.9 Å². The molecule has 1 aromatic carbocycles. The summed E-state index contributed by atoms with van der Waals surface area (Å²) in [4.78, 5) is 4.11. The van der Waals surface area contributed by atoms with Crippen LogP contribution in [0.5, 0.6) is 5.75 Å². The van der Waals surface area contributed by atoms with E-state index in [9.17, 15) is 8.78 Å². The molecule has 0 radical (unpaired) electrons. The van der Waals surface area contributed by atoms with Gasteiger partial charge in [-0.15, -0.1) is 24.0 Å². The lowest BCUT2D eigenvalue weighted by molar-refractivity contribution is -0.0504. The van der Waals surface area contributed by atoms with Crippen LogP contribution in [0.2, 0.25) is 5.02 Å². The van der Waals surface area contributed by atoms with Crippen molar-refractivity contribution in [1.82, 2.24) is 10.6 Å². The van der Waals surface area contributed by atoms with E-state index in [4.69, 9.17) is 21.1 Å². The highest BCUT2D eigenvalue weighted by Gasteiger charge is 2.15. The topological polar surface area (TPSA) is 64.1 Å². The Kier molecular flexibility index (Phi) is 12.7. The lowest BCUT2D eigenvalue weighted by Gasteiger charge is -2.15. The van der Waals surface area contributed by atoms with Crippen LogP contribution in [-0.4, -0.2) is 52.1 Å². The highest BCUT2D eigenvalue weighted by Crippen LogP contribution is 2.24. The normalized spacial score (nSPS) is 16.8. The summed E-state index contributed by atoms with van der Waals surface area (Å²) >= 11 is 5.94. The summed E-state index contributed by atoms with van der Waals surface area (Å²) < 4.78 is 40.6. The second-order valence-electron chi connectivity index (χ2n) is 6.05. The first kappa shape index (κ1) is 25.1. The van der Waals surface area contributed by atoms with Gasteiger partial charge < -0.3 is 24.8 Å². The molecule has 10 heteroatoms. The molecule has 2 rings (SSSR count). The Balaban J connectivity index is 0.00000392. The maximum absolute atomic E-state index is 12.5. The van der Waals surface area contributed by atoms with Gasteiger partial charge in [-0.3, -0.25) is 4.99 Å². The molecular formula is C18H27ClF2IN3O3. The Morgan fingerprint density at radius 2 is 2.21 bits per heavy atom. The Bertz CT molecular complexity index is 605. The van der Waals surface area contributed by atoms with Crippen molar-refractivity contribution in [3.8, 4) is 5.75 Å². The van der Waals surface area contributed by atoms with Crippen molar-refractivity contribution in [2.45, 2.75) is 38.5 Å². The van der Waals surface area contributed by atoms with Crippen molar-refractivity contribution in [2.24, 2.45) is 4.99 Å². The lowest BCUT2D eigenvalue weighted by Crippen LogP contribution is -2.37. The molecule has 1 saturated heterocycles. The van der Waals surface area contributed by atoms with Gasteiger partial charge in [-0.1, -0.05) is 11.6 Å². The van der Waals surface area contributed by atoms with Crippen molar-refractivity contribution in [3.05, 3.63) is 28.8 Å². The minimum atomic E-state index is -2.89. The van der Waals surface area contributed by atoms with Crippen LogP contribution in [0, 0.1) is 0 Å². The molecule has 2 N–H and O–H groups in total. The van der Waals surface area contributed by atoms with Crippen LogP contribution < -0.4 is 15.4 Å². The fourth-order valence-corrected chi connectivity index (χ4v) is 2.86. The molecule has 1 aromatic rings. The molecule has 0 aliphatic carbocycles. The third-order valence-corrected chi connectivity index (χ3v) is 4.23. The fraction of sp³-hybridized carbons (Fsp3) is 0.611. The number of hydrogen-bond donors (Lipinski definition) is 2. The highest BCUT2D eigenvalue weighted by molar-refractivity contribution is 14.0. The Morgan fingerprint density at radius 1 is 1.39 bits per heavy atom.